The molecule has 2 amide bonds. The van der Waals surface area contributed by atoms with E-state index in [-0.39, 0.29) is 11.8 Å². The topological polar surface area (TPSA) is 71.5 Å². The third-order valence-corrected chi connectivity index (χ3v) is 7.80. The molecule has 1 aliphatic heterocycles. The number of aromatic nitrogens is 1. The molecule has 3 aromatic rings. The largest absolute Gasteiger partial charge is 0.383 e. The first-order chi connectivity index (χ1) is 15.6. The molecular weight excluding hydrogens is 422 g/mol. The van der Waals surface area contributed by atoms with Crippen molar-refractivity contribution >= 4 is 38.5 Å². The summed E-state index contributed by atoms with van der Waals surface area (Å²) >= 11 is 1.48. The van der Waals surface area contributed by atoms with Gasteiger partial charge in [0.15, 0.2) is 5.13 Å². The summed E-state index contributed by atoms with van der Waals surface area (Å²) in [5.74, 6) is -0.530. The summed E-state index contributed by atoms with van der Waals surface area (Å²) in [6.07, 6.45) is 4.76. The maximum atomic E-state index is 13.9. The second-order valence-electron chi connectivity index (χ2n) is 8.61. The first-order valence-corrected chi connectivity index (χ1v) is 12.0. The number of carbonyl (C=O) groups is 2. The number of carbonyl (C=O) groups excluding carboxylic acids is 2. The zero-order valence-electron chi connectivity index (χ0n) is 18.2. The van der Waals surface area contributed by atoms with Gasteiger partial charge in [-0.2, -0.15) is 0 Å². The van der Waals surface area contributed by atoms with Crippen LogP contribution >= 0.6 is 11.3 Å². The molecule has 0 unspecified atom stereocenters. The van der Waals surface area contributed by atoms with Crippen LogP contribution in [0, 0.1) is 0 Å². The van der Waals surface area contributed by atoms with Crippen molar-refractivity contribution < 1.29 is 14.3 Å². The Bertz CT molecular complexity index is 1120. The third-order valence-electron chi connectivity index (χ3n) is 6.85. The summed E-state index contributed by atoms with van der Waals surface area (Å²) < 4.78 is 6.38. The molecule has 166 valence electrons. The molecule has 1 aliphatic carbocycles. The van der Waals surface area contributed by atoms with Gasteiger partial charge in [0, 0.05) is 19.2 Å². The normalized spacial score (nSPS) is 19.8. The highest BCUT2D eigenvalue weighted by Gasteiger charge is 2.54. The Kier molecular flexibility index (Phi) is 5.69. The standard InChI is InChI=1S/C25H27N3O3S/c1-31-16-15-28-23(30)18-10-4-3-9-17(18)21(25(28)13-7-2-8-14-25)22(29)27-24-26-19-11-5-6-12-20(19)32-24/h3-6,9-12,21H,2,7-8,13-16H2,1H3,(H,26,27,29)/t21-/m0/s1. The summed E-state index contributed by atoms with van der Waals surface area (Å²) in [5.41, 5.74) is 1.78. The molecule has 1 atom stereocenters. The molecule has 6 nitrogen and oxygen atoms in total. The van der Waals surface area contributed by atoms with Crippen LogP contribution in [0.25, 0.3) is 10.2 Å². The SMILES string of the molecule is COCCN1C(=O)c2ccccc2[C@@H](C(=O)Nc2nc3ccccc3s2)C12CCCCC2. The Morgan fingerprint density at radius 1 is 1.16 bits per heavy atom. The van der Waals surface area contributed by atoms with Gasteiger partial charge in [0.25, 0.3) is 5.91 Å². The van der Waals surface area contributed by atoms with Crippen LogP contribution in [0.4, 0.5) is 5.13 Å². The van der Waals surface area contributed by atoms with Crippen molar-refractivity contribution in [2.24, 2.45) is 0 Å². The smallest absolute Gasteiger partial charge is 0.254 e. The minimum atomic E-state index is -0.539. The molecule has 0 saturated heterocycles. The zero-order chi connectivity index (χ0) is 22.1. The van der Waals surface area contributed by atoms with Crippen molar-refractivity contribution in [1.82, 2.24) is 9.88 Å². The molecular formula is C25H27N3O3S. The zero-order valence-corrected chi connectivity index (χ0v) is 19.0. The number of anilines is 1. The van der Waals surface area contributed by atoms with E-state index in [1.165, 1.54) is 11.3 Å². The Balaban J connectivity index is 1.58. The number of para-hydroxylation sites is 1. The van der Waals surface area contributed by atoms with Crippen LogP contribution in [0.3, 0.4) is 0 Å². The minimum absolute atomic E-state index is 0.00332. The van der Waals surface area contributed by atoms with Crippen molar-refractivity contribution in [3.05, 3.63) is 59.7 Å². The van der Waals surface area contributed by atoms with Gasteiger partial charge in [-0.3, -0.25) is 9.59 Å². The fourth-order valence-corrected chi connectivity index (χ4v) is 6.32. The predicted molar refractivity (Wildman–Crippen MR) is 126 cm³/mol. The van der Waals surface area contributed by atoms with Gasteiger partial charge in [-0.15, -0.1) is 0 Å². The Labute approximate surface area is 191 Å². The lowest BCUT2D eigenvalue weighted by atomic mass is 9.65. The van der Waals surface area contributed by atoms with Gasteiger partial charge >= 0.3 is 0 Å². The Morgan fingerprint density at radius 2 is 1.91 bits per heavy atom. The van der Waals surface area contributed by atoms with E-state index in [0.717, 1.165) is 47.9 Å². The van der Waals surface area contributed by atoms with Crippen molar-refractivity contribution in [3.8, 4) is 0 Å². The number of fused-ring (bicyclic) bond motifs is 2. The fraction of sp³-hybridized carbons (Fsp3) is 0.400. The van der Waals surface area contributed by atoms with E-state index >= 15 is 0 Å². The average molecular weight is 450 g/mol. The van der Waals surface area contributed by atoms with E-state index in [1.54, 1.807) is 7.11 Å². The highest BCUT2D eigenvalue weighted by molar-refractivity contribution is 7.22. The Morgan fingerprint density at radius 3 is 2.69 bits per heavy atom. The summed E-state index contributed by atoms with van der Waals surface area (Å²) in [6, 6.07) is 15.4. The number of hydrogen-bond donors (Lipinski definition) is 1. The van der Waals surface area contributed by atoms with Gasteiger partial charge in [-0.25, -0.2) is 4.98 Å². The van der Waals surface area contributed by atoms with Gasteiger partial charge in [0.1, 0.15) is 0 Å². The number of rotatable bonds is 5. The lowest BCUT2D eigenvalue weighted by Gasteiger charge is -2.53. The molecule has 7 heteroatoms. The summed E-state index contributed by atoms with van der Waals surface area (Å²) in [7, 11) is 1.65. The highest BCUT2D eigenvalue weighted by Crippen LogP contribution is 2.49. The molecule has 2 aliphatic rings. The van der Waals surface area contributed by atoms with Crippen LogP contribution in [0.2, 0.25) is 0 Å². The number of amides is 2. The Hall–Kier alpha value is -2.77. The van der Waals surface area contributed by atoms with E-state index in [4.69, 9.17) is 4.74 Å². The molecule has 2 heterocycles. The van der Waals surface area contributed by atoms with E-state index < -0.39 is 11.5 Å². The van der Waals surface area contributed by atoms with Crippen LogP contribution < -0.4 is 5.32 Å². The van der Waals surface area contributed by atoms with Crippen LogP contribution in [-0.4, -0.2) is 47.5 Å². The second-order valence-corrected chi connectivity index (χ2v) is 9.64. The lowest BCUT2D eigenvalue weighted by Crippen LogP contribution is -2.62. The number of nitrogens with zero attached hydrogens (tertiary/aromatic N) is 2. The molecule has 1 aromatic heterocycles. The number of benzene rings is 2. The van der Waals surface area contributed by atoms with Crippen LogP contribution in [-0.2, 0) is 9.53 Å². The van der Waals surface area contributed by atoms with Crippen LogP contribution in [0.5, 0.6) is 0 Å². The minimum Gasteiger partial charge on any atom is -0.383 e. The predicted octanol–water partition coefficient (Wildman–Crippen LogP) is 4.82. The molecule has 5 rings (SSSR count). The first-order valence-electron chi connectivity index (χ1n) is 11.2. The molecule has 0 bridgehead atoms. The third kappa shape index (κ3) is 3.49. The van der Waals surface area contributed by atoms with Crippen molar-refractivity contribution in [2.45, 2.75) is 43.6 Å². The first kappa shape index (κ1) is 21.1. The molecule has 1 fully saturated rings. The van der Waals surface area contributed by atoms with Gasteiger partial charge in [0.05, 0.1) is 28.3 Å². The molecule has 32 heavy (non-hydrogen) atoms. The van der Waals surface area contributed by atoms with Crippen molar-refractivity contribution in [1.29, 1.82) is 0 Å². The molecule has 1 spiro atoms. The van der Waals surface area contributed by atoms with Crippen molar-refractivity contribution in [2.75, 3.05) is 25.6 Å². The number of nitrogens with one attached hydrogen (secondary N) is 1. The van der Waals surface area contributed by atoms with Crippen LogP contribution in [0.1, 0.15) is 53.9 Å². The second kappa shape index (κ2) is 8.64. The van der Waals surface area contributed by atoms with Crippen LogP contribution in [0.15, 0.2) is 48.5 Å². The number of methoxy groups -OCH3 is 1. The number of thiazole rings is 1. The van der Waals surface area contributed by atoms with E-state index in [9.17, 15) is 9.59 Å². The van der Waals surface area contributed by atoms with E-state index in [2.05, 4.69) is 10.3 Å². The quantitative estimate of drug-likeness (QED) is 0.606. The monoisotopic (exact) mass is 449 g/mol. The maximum Gasteiger partial charge on any atom is 0.254 e. The molecule has 1 saturated carbocycles. The fourth-order valence-electron chi connectivity index (χ4n) is 5.45. The summed E-state index contributed by atoms with van der Waals surface area (Å²) in [6.45, 7) is 0.927. The van der Waals surface area contributed by atoms with E-state index in [1.807, 2.05) is 53.4 Å². The van der Waals surface area contributed by atoms with E-state index in [0.29, 0.717) is 23.8 Å². The highest BCUT2D eigenvalue weighted by atomic mass is 32.1. The maximum absolute atomic E-state index is 13.9. The average Bonchev–Trinajstić information content (AvgIpc) is 3.22. The summed E-state index contributed by atoms with van der Waals surface area (Å²) in [4.78, 5) is 34.0. The van der Waals surface area contributed by atoms with Gasteiger partial charge in [-0.05, 0) is 36.6 Å². The van der Waals surface area contributed by atoms with Gasteiger partial charge in [0.2, 0.25) is 5.91 Å². The number of ether oxygens (including phenoxy) is 1. The molecule has 0 radical (unpaired) electrons. The van der Waals surface area contributed by atoms with Gasteiger partial charge < -0.3 is 15.0 Å². The van der Waals surface area contributed by atoms with Crippen molar-refractivity contribution in [3.63, 3.8) is 0 Å². The number of hydrogen-bond acceptors (Lipinski definition) is 5. The summed E-state index contributed by atoms with van der Waals surface area (Å²) in [5, 5.41) is 3.70. The lowest BCUT2D eigenvalue weighted by molar-refractivity contribution is -0.122. The molecule has 2 aromatic carbocycles. The molecule has 1 N–H and O–H groups in total. The van der Waals surface area contributed by atoms with Gasteiger partial charge in [-0.1, -0.05) is 60.9 Å².